The second-order valence-corrected chi connectivity index (χ2v) is 6.56. The molecule has 0 atom stereocenters. The number of hydrogen-bond acceptors (Lipinski definition) is 3. The Morgan fingerprint density at radius 1 is 1.35 bits per heavy atom. The van der Waals surface area contributed by atoms with E-state index in [9.17, 15) is 9.90 Å². The van der Waals surface area contributed by atoms with Crippen molar-refractivity contribution in [2.45, 2.75) is 26.2 Å². The topological polar surface area (TPSA) is 50.2 Å². The molecule has 1 aromatic carbocycles. The first-order valence-corrected chi connectivity index (χ1v) is 7.63. The van der Waals surface area contributed by atoms with E-state index in [-0.39, 0.29) is 10.8 Å². The number of hydrogen-bond donors (Lipinski definition) is 1. The number of benzene rings is 1. The van der Waals surface area contributed by atoms with Gasteiger partial charge in [-0.2, -0.15) is 0 Å². The van der Waals surface area contributed by atoms with E-state index in [1.165, 1.54) is 11.3 Å². The van der Waals surface area contributed by atoms with Crippen LogP contribution in [0.3, 0.4) is 0 Å². The number of rotatable bonds is 4. The smallest absolute Gasteiger partial charge is 0.347 e. The number of aromatic nitrogens is 1. The predicted molar refractivity (Wildman–Crippen MR) is 82.4 cm³/mol. The molecule has 3 nitrogen and oxygen atoms in total. The number of carboxylic acid groups (broad SMARTS) is 1. The van der Waals surface area contributed by atoms with Gasteiger partial charge in [-0.25, -0.2) is 9.78 Å². The molecule has 0 spiro atoms. The molecular weight excluding hydrogens is 317 g/mol. The van der Waals surface area contributed by atoms with E-state index in [0.717, 1.165) is 5.56 Å². The molecule has 0 aliphatic rings. The Balaban J connectivity index is 2.40. The minimum atomic E-state index is -0.942. The summed E-state index contributed by atoms with van der Waals surface area (Å²) in [6, 6.07) is 5.30. The van der Waals surface area contributed by atoms with Crippen molar-refractivity contribution in [2.24, 2.45) is 0 Å². The van der Waals surface area contributed by atoms with Crippen LogP contribution in [0.2, 0.25) is 10.0 Å². The second kappa shape index (κ2) is 6.12. The number of aromatic carboxylic acids is 1. The van der Waals surface area contributed by atoms with Crippen molar-refractivity contribution >= 4 is 40.5 Å². The summed E-state index contributed by atoms with van der Waals surface area (Å²) in [5.74, 6) is -0.879. The van der Waals surface area contributed by atoms with Crippen LogP contribution in [-0.2, 0) is 6.42 Å². The van der Waals surface area contributed by atoms with Crippen LogP contribution in [0.1, 0.15) is 45.7 Å². The summed E-state index contributed by atoms with van der Waals surface area (Å²) in [5.41, 5.74) is 1.39. The Hall–Kier alpha value is -1.10. The summed E-state index contributed by atoms with van der Waals surface area (Å²) in [6.45, 7) is 3.85. The SMILES string of the molecule is CC(C)c1nc(Cc2c(Cl)cccc2Cl)sc1C(=O)O. The summed E-state index contributed by atoms with van der Waals surface area (Å²) in [4.78, 5) is 16.0. The van der Waals surface area contributed by atoms with Crippen molar-refractivity contribution in [3.63, 3.8) is 0 Å². The molecule has 0 aliphatic heterocycles. The van der Waals surface area contributed by atoms with Gasteiger partial charge in [0.1, 0.15) is 4.88 Å². The zero-order valence-corrected chi connectivity index (χ0v) is 13.3. The van der Waals surface area contributed by atoms with Crippen molar-refractivity contribution in [2.75, 3.05) is 0 Å². The highest BCUT2D eigenvalue weighted by atomic mass is 35.5. The second-order valence-electron chi connectivity index (χ2n) is 4.66. The number of carbonyl (C=O) groups is 1. The van der Waals surface area contributed by atoms with Crippen LogP contribution in [0.25, 0.3) is 0 Å². The lowest BCUT2D eigenvalue weighted by molar-refractivity contribution is 0.0700. The Morgan fingerprint density at radius 3 is 2.40 bits per heavy atom. The highest BCUT2D eigenvalue weighted by molar-refractivity contribution is 7.13. The molecule has 0 radical (unpaired) electrons. The van der Waals surface area contributed by atoms with Crippen LogP contribution in [0, 0.1) is 0 Å². The van der Waals surface area contributed by atoms with Gasteiger partial charge in [-0.05, 0) is 23.6 Å². The minimum Gasteiger partial charge on any atom is -0.477 e. The van der Waals surface area contributed by atoms with Gasteiger partial charge in [-0.15, -0.1) is 11.3 Å². The molecule has 0 bridgehead atoms. The Kier molecular flexibility index (Phi) is 4.68. The van der Waals surface area contributed by atoms with E-state index in [1.54, 1.807) is 18.2 Å². The Morgan fingerprint density at radius 2 is 1.95 bits per heavy atom. The van der Waals surface area contributed by atoms with Crippen LogP contribution in [0.4, 0.5) is 0 Å². The fraction of sp³-hybridized carbons (Fsp3) is 0.286. The lowest BCUT2D eigenvalue weighted by Gasteiger charge is -2.04. The zero-order chi connectivity index (χ0) is 14.9. The van der Waals surface area contributed by atoms with E-state index < -0.39 is 5.97 Å². The Labute approximate surface area is 131 Å². The van der Waals surface area contributed by atoms with Crippen LogP contribution in [0.15, 0.2) is 18.2 Å². The van der Waals surface area contributed by atoms with Gasteiger partial charge < -0.3 is 5.11 Å². The van der Waals surface area contributed by atoms with E-state index in [1.807, 2.05) is 13.8 Å². The van der Waals surface area contributed by atoms with Crippen LogP contribution >= 0.6 is 34.5 Å². The van der Waals surface area contributed by atoms with Gasteiger partial charge in [0.2, 0.25) is 0 Å². The van der Waals surface area contributed by atoms with Crippen molar-refractivity contribution < 1.29 is 9.90 Å². The molecule has 0 saturated carbocycles. The molecule has 2 aromatic rings. The van der Waals surface area contributed by atoms with Gasteiger partial charge in [0, 0.05) is 16.5 Å². The third kappa shape index (κ3) is 3.14. The normalized spacial score (nSPS) is 11.1. The third-order valence-corrected chi connectivity index (χ3v) is 4.60. The number of thiazole rings is 1. The lowest BCUT2D eigenvalue weighted by Crippen LogP contribution is -2.00. The fourth-order valence-corrected chi connectivity index (χ4v) is 3.45. The Bertz CT molecular complexity index is 632. The molecular formula is C14H13Cl2NO2S. The average molecular weight is 330 g/mol. The van der Waals surface area contributed by atoms with Crippen molar-refractivity contribution in [3.8, 4) is 0 Å². The molecule has 0 unspecified atom stereocenters. The van der Waals surface area contributed by atoms with E-state index in [0.29, 0.717) is 27.2 Å². The highest BCUT2D eigenvalue weighted by Gasteiger charge is 2.20. The summed E-state index contributed by atoms with van der Waals surface area (Å²) >= 11 is 13.4. The quantitative estimate of drug-likeness (QED) is 0.871. The molecule has 1 aromatic heterocycles. The summed E-state index contributed by atoms with van der Waals surface area (Å²) < 4.78 is 0. The maximum absolute atomic E-state index is 11.2. The van der Waals surface area contributed by atoms with Gasteiger partial charge >= 0.3 is 5.97 Å². The third-order valence-electron chi connectivity index (χ3n) is 2.83. The van der Waals surface area contributed by atoms with Gasteiger partial charge in [-0.3, -0.25) is 0 Å². The first-order chi connectivity index (χ1) is 9.40. The maximum atomic E-state index is 11.2. The molecule has 0 fully saturated rings. The summed E-state index contributed by atoms with van der Waals surface area (Å²) in [7, 11) is 0. The van der Waals surface area contributed by atoms with Crippen molar-refractivity contribution in [1.29, 1.82) is 0 Å². The van der Waals surface area contributed by atoms with Crippen molar-refractivity contribution in [1.82, 2.24) is 4.98 Å². The molecule has 20 heavy (non-hydrogen) atoms. The number of halogens is 2. The largest absolute Gasteiger partial charge is 0.477 e. The molecule has 0 aliphatic carbocycles. The fourth-order valence-electron chi connectivity index (χ4n) is 1.85. The van der Waals surface area contributed by atoms with Crippen LogP contribution < -0.4 is 0 Å². The summed E-state index contributed by atoms with van der Waals surface area (Å²) in [6.07, 6.45) is 0.441. The van der Waals surface area contributed by atoms with Crippen LogP contribution in [0.5, 0.6) is 0 Å². The predicted octanol–water partition coefficient (Wildman–Crippen LogP) is 4.86. The highest BCUT2D eigenvalue weighted by Crippen LogP contribution is 2.31. The molecule has 1 heterocycles. The molecule has 106 valence electrons. The molecule has 6 heteroatoms. The monoisotopic (exact) mass is 329 g/mol. The van der Waals surface area contributed by atoms with Gasteiger partial charge in [-0.1, -0.05) is 43.1 Å². The number of carboxylic acids is 1. The minimum absolute atomic E-state index is 0.0628. The van der Waals surface area contributed by atoms with E-state index in [2.05, 4.69) is 4.98 Å². The first kappa shape index (κ1) is 15.3. The van der Waals surface area contributed by atoms with E-state index >= 15 is 0 Å². The van der Waals surface area contributed by atoms with E-state index in [4.69, 9.17) is 23.2 Å². The molecule has 0 saturated heterocycles. The molecule has 0 amide bonds. The van der Waals surface area contributed by atoms with Gasteiger partial charge in [0.05, 0.1) is 10.7 Å². The zero-order valence-electron chi connectivity index (χ0n) is 11.0. The molecule has 1 N–H and O–H groups in total. The van der Waals surface area contributed by atoms with Crippen molar-refractivity contribution in [3.05, 3.63) is 49.4 Å². The lowest BCUT2D eigenvalue weighted by atomic mass is 10.1. The average Bonchev–Trinajstić information content (AvgIpc) is 2.78. The maximum Gasteiger partial charge on any atom is 0.347 e. The first-order valence-electron chi connectivity index (χ1n) is 6.06. The van der Waals surface area contributed by atoms with Gasteiger partial charge in [0.15, 0.2) is 0 Å². The summed E-state index contributed by atoms with van der Waals surface area (Å²) in [5, 5.41) is 11.1. The van der Waals surface area contributed by atoms with Crippen LogP contribution in [-0.4, -0.2) is 16.1 Å². The molecule has 2 rings (SSSR count). The number of nitrogens with zero attached hydrogens (tertiary/aromatic N) is 1. The standard InChI is InChI=1S/C14H13Cl2NO2S/c1-7(2)12-13(14(18)19)20-11(17-12)6-8-9(15)4-3-5-10(8)16/h3-5,7H,6H2,1-2H3,(H,18,19). The van der Waals surface area contributed by atoms with Gasteiger partial charge in [0.25, 0.3) is 0 Å².